The molecule has 1 aromatic heterocycles. The molecular formula is C28H35F3N6O2. The summed E-state index contributed by atoms with van der Waals surface area (Å²) in [4.78, 5) is 28.0. The Labute approximate surface area is 226 Å². The topological polar surface area (TPSA) is 73.7 Å². The first-order valence-corrected chi connectivity index (χ1v) is 13.2. The van der Waals surface area contributed by atoms with Gasteiger partial charge in [0.1, 0.15) is 12.4 Å². The van der Waals surface area contributed by atoms with Gasteiger partial charge in [-0.25, -0.2) is 18.2 Å². The summed E-state index contributed by atoms with van der Waals surface area (Å²) in [6, 6.07) is 8.14. The standard InChI is InChI=1S/C28H35F3N6O2/c1-4-5-6-9-32-27(38)17-35(24-12-25-21(10-19(24)2)13-33-37(25)16-26(30)31)18-28(39)34(3)36-14-20-7-8-23(29)11-22(20)15-36/h7-8,10-13,26H,4-6,9,14-18H2,1-3H3,(H,32,38). The van der Waals surface area contributed by atoms with Gasteiger partial charge in [0.05, 0.1) is 24.8 Å². The molecule has 0 fully saturated rings. The fourth-order valence-electron chi connectivity index (χ4n) is 4.88. The van der Waals surface area contributed by atoms with Crippen LogP contribution < -0.4 is 10.2 Å². The fraction of sp³-hybridized carbons (Fsp3) is 0.464. The minimum Gasteiger partial charge on any atom is -0.355 e. The van der Waals surface area contributed by atoms with E-state index >= 15 is 0 Å². The van der Waals surface area contributed by atoms with Crippen LogP contribution in [0, 0.1) is 12.7 Å². The number of hydrazine groups is 1. The number of amides is 2. The van der Waals surface area contributed by atoms with Crippen LogP contribution in [0.2, 0.25) is 0 Å². The molecule has 3 aromatic rings. The molecular weight excluding hydrogens is 509 g/mol. The molecule has 1 aliphatic heterocycles. The Morgan fingerprint density at radius 1 is 1.10 bits per heavy atom. The Balaban J connectivity index is 1.56. The van der Waals surface area contributed by atoms with E-state index in [0.717, 1.165) is 36.0 Å². The molecule has 0 saturated carbocycles. The van der Waals surface area contributed by atoms with Crippen molar-refractivity contribution in [1.29, 1.82) is 0 Å². The third kappa shape index (κ3) is 6.89. The Morgan fingerprint density at radius 3 is 2.62 bits per heavy atom. The van der Waals surface area contributed by atoms with E-state index in [1.54, 1.807) is 24.1 Å². The third-order valence-corrected chi connectivity index (χ3v) is 7.03. The molecule has 0 saturated heterocycles. The van der Waals surface area contributed by atoms with Gasteiger partial charge >= 0.3 is 0 Å². The number of carbonyl (C=O) groups excluding carboxylic acids is 2. The predicted molar refractivity (Wildman–Crippen MR) is 144 cm³/mol. The van der Waals surface area contributed by atoms with E-state index in [1.165, 1.54) is 28.0 Å². The summed E-state index contributed by atoms with van der Waals surface area (Å²) in [5.74, 6) is -0.813. The molecule has 0 atom stereocenters. The third-order valence-electron chi connectivity index (χ3n) is 7.03. The fourth-order valence-corrected chi connectivity index (χ4v) is 4.88. The molecule has 1 aliphatic rings. The highest BCUT2D eigenvalue weighted by molar-refractivity contribution is 5.90. The van der Waals surface area contributed by atoms with Gasteiger partial charge in [-0.3, -0.25) is 19.3 Å². The van der Waals surface area contributed by atoms with E-state index in [1.807, 2.05) is 18.0 Å². The van der Waals surface area contributed by atoms with Crippen LogP contribution in [0.5, 0.6) is 0 Å². The van der Waals surface area contributed by atoms with Crippen molar-refractivity contribution in [3.8, 4) is 0 Å². The number of alkyl halides is 2. The Bertz CT molecular complexity index is 1330. The van der Waals surface area contributed by atoms with Gasteiger partial charge in [-0.05, 0) is 54.3 Å². The van der Waals surface area contributed by atoms with Crippen molar-refractivity contribution >= 4 is 28.4 Å². The number of nitrogens with zero attached hydrogens (tertiary/aromatic N) is 5. The number of nitrogens with one attached hydrogen (secondary N) is 1. The average Bonchev–Trinajstić information content (AvgIpc) is 3.48. The number of halogens is 3. The van der Waals surface area contributed by atoms with Crippen LogP contribution in [0.15, 0.2) is 36.5 Å². The molecule has 0 aliphatic carbocycles. The van der Waals surface area contributed by atoms with Crippen molar-refractivity contribution < 1.29 is 22.8 Å². The molecule has 0 unspecified atom stereocenters. The lowest BCUT2D eigenvalue weighted by Gasteiger charge is -2.32. The maximum atomic E-state index is 13.7. The first-order chi connectivity index (χ1) is 18.7. The zero-order valence-electron chi connectivity index (χ0n) is 22.6. The van der Waals surface area contributed by atoms with Crippen molar-refractivity contribution in [3.63, 3.8) is 0 Å². The molecule has 0 bridgehead atoms. The number of rotatable bonds is 12. The summed E-state index contributed by atoms with van der Waals surface area (Å²) in [6.07, 6.45) is 1.85. The first-order valence-electron chi connectivity index (χ1n) is 13.2. The number of carbonyl (C=O) groups is 2. The van der Waals surface area contributed by atoms with Crippen LogP contribution >= 0.6 is 0 Å². The predicted octanol–water partition coefficient (Wildman–Crippen LogP) is 4.25. The van der Waals surface area contributed by atoms with Gasteiger partial charge in [-0.1, -0.05) is 25.8 Å². The number of hydrogen-bond donors (Lipinski definition) is 1. The van der Waals surface area contributed by atoms with E-state index < -0.39 is 13.0 Å². The summed E-state index contributed by atoms with van der Waals surface area (Å²) >= 11 is 0. The van der Waals surface area contributed by atoms with E-state index in [-0.39, 0.29) is 30.7 Å². The van der Waals surface area contributed by atoms with Gasteiger partial charge in [-0.2, -0.15) is 5.10 Å². The minimum atomic E-state index is -2.57. The number of anilines is 1. The van der Waals surface area contributed by atoms with Gasteiger partial charge in [0.15, 0.2) is 0 Å². The van der Waals surface area contributed by atoms with E-state index in [9.17, 15) is 22.8 Å². The maximum Gasteiger partial charge on any atom is 0.257 e. The first kappa shape index (κ1) is 28.4. The minimum absolute atomic E-state index is 0.0769. The number of benzene rings is 2. The van der Waals surface area contributed by atoms with Gasteiger partial charge in [-0.15, -0.1) is 0 Å². The number of aryl methyl sites for hydroxylation is 1. The number of unbranched alkanes of at least 4 members (excludes halogenated alkanes) is 2. The second-order valence-electron chi connectivity index (χ2n) is 9.98. The maximum absolute atomic E-state index is 13.7. The lowest BCUT2D eigenvalue weighted by atomic mass is 10.1. The molecule has 2 aromatic carbocycles. The van der Waals surface area contributed by atoms with Crippen LogP contribution in [-0.2, 0) is 29.2 Å². The van der Waals surface area contributed by atoms with Crippen molar-refractivity contribution in [2.45, 2.75) is 59.2 Å². The van der Waals surface area contributed by atoms with Gasteiger partial charge in [0, 0.05) is 37.8 Å². The quantitative estimate of drug-likeness (QED) is 0.345. The van der Waals surface area contributed by atoms with Crippen LogP contribution in [-0.4, -0.2) is 64.7 Å². The van der Waals surface area contributed by atoms with E-state index in [2.05, 4.69) is 17.3 Å². The van der Waals surface area contributed by atoms with Crippen molar-refractivity contribution in [2.24, 2.45) is 0 Å². The molecule has 0 radical (unpaired) electrons. The average molecular weight is 545 g/mol. The molecule has 210 valence electrons. The van der Waals surface area contributed by atoms with Crippen molar-refractivity contribution in [1.82, 2.24) is 25.1 Å². The Hall–Kier alpha value is -3.60. The highest BCUT2D eigenvalue weighted by Gasteiger charge is 2.28. The number of fused-ring (bicyclic) bond motifs is 2. The summed E-state index contributed by atoms with van der Waals surface area (Å²) < 4.78 is 41.2. The van der Waals surface area contributed by atoms with E-state index in [4.69, 9.17) is 0 Å². The SMILES string of the molecule is CCCCCNC(=O)CN(CC(=O)N(C)N1Cc2ccc(F)cc2C1)c1cc2c(cnn2CC(F)F)cc1C. The monoisotopic (exact) mass is 544 g/mol. The van der Waals surface area contributed by atoms with Crippen molar-refractivity contribution in [3.05, 3.63) is 59.0 Å². The molecule has 8 nitrogen and oxygen atoms in total. The normalized spacial score (nSPS) is 13.2. The molecule has 2 amide bonds. The van der Waals surface area contributed by atoms with E-state index in [0.29, 0.717) is 36.2 Å². The van der Waals surface area contributed by atoms with Gasteiger partial charge in [0.25, 0.3) is 12.3 Å². The molecule has 11 heteroatoms. The van der Waals surface area contributed by atoms with Crippen molar-refractivity contribution in [2.75, 3.05) is 31.6 Å². The second-order valence-corrected chi connectivity index (χ2v) is 9.98. The lowest BCUT2D eigenvalue weighted by molar-refractivity contribution is -0.145. The highest BCUT2D eigenvalue weighted by Crippen LogP contribution is 2.28. The zero-order chi connectivity index (χ0) is 28.1. The molecule has 39 heavy (non-hydrogen) atoms. The molecule has 0 spiro atoms. The molecule has 4 rings (SSSR count). The van der Waals surface area contributed by atoms with Crippen LogP contribution in [0.1, 0.15) is 42.9 Å². The zero-order valence-corrected chi connectivity index (χ0v) is 22.6. The summed E-state index contributed by atoms with van der Waals surface area (Å²) in [5.41, 5.74) is 3.66. The summed E-state index contributed by atoms with van der Waals surface area (Å²) in [6.45, 7) is 4.59. The summed E-state index contributed by atoms with van der Waals surface area (Å²) in [5, 5.41) is 11.0. The van der Waals surface area contributed by atoms with Gasteiger partial charge < -0.3 is 10.2 Å². The molecule has 1 N–H and O–H groups in total. The number of aromatic nitrogens is 2. The lowest BCUT2D eigenvalue weighted by Crippen LogP contribution is -2.48. The second kappa shape index (κ2) is 12.5. The highest BCUT2D eigenvalue weighted by atomic mass is 19.3. The van der Waals surface area contributed by atoms with Crippen LogP contribution in [0.3, 0.4) is 0 Å². The number of hydrogen-bond acceptors (Lipinski definition) is 5. The molecule has 2 heterocycles. The Kier molecular flexibility index (Phi) is 9.11. The smallest absolute Gasteiger partial charge is 0.257 e. The van der Waals surface area contributed by atoms with Gasteiger partial charge in [0.2, 0.25) is 5.91 Å². The number of likely N-dealkylation sites (N-methyl/N-ethyl adjacent to an activating group) is 1. The Morgan fingerprint density at radius 2 is 1.87 bits per heavy atom. The van der Waals surface area contributed by atoms with Crippen LogP contribution in [0.25, 0.3) is 10.9 Å². The van der Waals surface area contributed by atoms with Crippen LogP contribution in [0.4, 0.5) is 18.9 Å². The largest absolute Gasteiger partial charge is 0.355 e. The summed E-state index contributed by atoms with van der Waals surface area (Å²) in [7, 11) is 1.65.